The van der Waals surface area contributed by atoms with Crippen molar-refractivity contribution in [2.24, 2.45) is 0 Å². The highest BCUT2D eigenvalue weighted by atomic mass is 32.1. The van der Waals surface area contributed by atoms with Gasteiger partial charge in [-0.3, -0.25) is 14.5 Å². The van der Waals surface area contributed by atoms with E-state index in [-0.39, 0.29) is 24.1 Å². The average molecular weight is 420 g/mol. The van der Waals surface area contributed by atoms with E-state index in [2.05, 4.69) is 5.32 Å². The highest BCUT2D eigenvalue weighted by Gasteiger charge is 2.31. The molecule has 0 radical (unpaired) electrons. The van der Waals surface area contributed by atoms with Gasteiger partial charge in [-0.25, -0.2) is 0 Å². The van der Waals surface area contributed by atoms with Gasteiger partial charge in [0.1, 0.15) is 12.3 Å². The summed E-state index contributed by atoms with van der Waals surface area (Å²) in [6.07, 6.45) is 1.66. The van der Waals surface area contributed by atoms with Gasteiger partial charge in [0.05, 0.1) is 19.3 Å². The standard InChI is InChI=1S/C23H20N2O4S/c1-28-17-10-8-16(9-11-17)13-21-23(27)25(19-6-2-3-7-20(19)29-21)15-22(26)24-14-18-5-4-12-30-18/h2-13H,14-15H2,1H3,(H,24,26). The molecule has 1 aliphatic heterocycles. The summed E-state index contributed by atoms with van der Waals surface area (Å²) < 4.78 is 11.0. The molecule has 0 fully saturated rings. The third-order valence-electron chi connectivity index (χ3n) is 4.59. The van der Waals surface area contributed by atoms with Crippen LogP contribution < -0.4 is 19.7 Å². The first-order valence-corrected chi connectivity index (χ1v) is 10.3. The topological polar surface area (TPSA) is 67.9 Å². The van der Waals surface area contributed by atoms with Crippen molar-refractivity contribution in [1.82, 2.24) is 5.32 Å². The van der Waals surface area contributed by atoms with Crippen molar-refractivity contribution in [3.63, 3.8) is 0 Å². The molecular weight excluding hydrogens is 400 g/mol. The van der Waals surface area contributed by atoms with Gasteiger partial charge >= 0.3 is 0 Å². The molecule has 2 amide bonds. The minimum Gasteiger partial charge on any atom is -0.497 e. The van der Waals surface area contributed by atoms with E-state index >= 15 is 0 Å². The summed E-state index contributed by atoms with van der Waals surface area (Å²) in [6.45, 7) is 0.343. The second kappa shape index (κ2) is 8.84. The molecule has 6 nitrogen and oxygen atoms in total. The lowest BCUT2D eigenvalue weighted by Crippen LogP contribution is -2.44. The normalized spacial score (nSPS) is 14.2. The van der Waals surface area contributed by atoms with Gasteiger partial charge in [0, 0.05) is 4.88 Å². The molecule has 1 aromatic heterocycles. The zero-order valence-electron chi connectivity index (χ0n) is 16.3. The summed E-state index contributed by atoms with van der Waals surface area (Å²) in [5.74, 6) is 0.809. The van der Waals surface area contributed by atoms with Gasteiger partial charge in [-0.1, -0.05) is 30.3 Å². The number of nitrogens with one attached hydrogen (secondary N) is 1. The van der Waals surface area contributed by atoms with Crippen LogP contribution in [-0.4, -0.2) is 25.5 Å². The Balaban J connectivity index is 1.56. The number of fused-ring (bicyclic) bond motifs is 1. The minimum atomic E-state index is -0.365. The van der Waals surface area contributed by atoms with Crippen LogP contribution >= 0.6 is 11.3 Å². The van der Waals surface area contributed by atoms with Crippen LogP contribution in [0.3, 0.4) is 0 Å². The van der Waals surface area contributed by atoms with Gasteiger partial charge in [0.2, 0.25) is 5.91 Å². The Hall–Kier alpha value is -3.58. The smallest absolute Gasteiger partial charge is 0.294 e. The number of methoxy groups -OCH3 is 1. The van der Waals surface area contributed by atoms with E-state index in [9.17, 15) is 9.59 Å². The Morgan fingerprint density at radius 3 is 2.67 bits per heavy atom. The third-order valence-corrected chi connectivity index (χ3v) is 5.46. The number of carbonyl (C=O) groups is 2. The van der Waals surface area contributed by atoms with Crippen LogP contribution in [0.1, 0.15) is 10.4 Å². The molecule has 4 rings (SSSR count). The molecule has 30 heavy (non-hydrogen) atoms. The van der Waals surface area contributed by atoms with Crippen molar-refractivity contribution in [1.29, 1.82) is 0 Å². The molecule has 0 unspecified atom stereocenters. The molecule has 1 aliphatic rings. The lowest BCUT2D eigenvalue weighted by molar-refractivity contribution is -0.123. The van der Waals surface area contributed by atoms with E-state index in [1.54, 1.807) is 36.7 Å². The molecule has 2 aromatic carbocycles. The number of anilines is 1. The Morgan fingerprint density at radius 1 is 1.13 bits per heavy atom. The number of rotatable bonds is 6. The van der Waals surface area contributed by atoms with Crippen LogP contribution in [-0.2, 0) is 16.1 Å². The average Bonchev–Trinajstić information content (AvgIpc) is 3.29. The molecule has 0 saturated carbocycles. The van der Waals surface area contributed by atoms with Crippen LogP contribution in [0.5, 0.6) is 11.5 Å². The SMILES string of the molecule is COc1ccc(C=C2Oc3ccccc3N(CC(=O)NCc3cccs3)C2=O)cc1. The van der Waals surface area contributed by atoms with Crippen LogP contribution in [0.4, 0.5) is 5.69 Å². The number of ether oxygens (including phenoxy) is 2. The number of nitrogens with zero attached hydrogens (tertiary/aromatic N) is 1. The first kappa shape index (κ1) is 19.7. The van der Waals surface area contributed by atoms with E-state index in [1.807, 2.05) is 53.9 Å². The predicted octanol–water partition coefficient (Wildman–Crippen LogP) is 3.84. The fourth-order valence-electron chi connectivity index (χ4n) is 3.07. The van der Waals surface area contributed by atoms with Crippen LogP contribution in [0, 0.1) is 0 Å². The molecule has 0 atom stereocenters. The fraction of sp³-hybridized carbons (Fsp3) is 0.130. The molecule has 152 valence electrons. The Bertz CT molecular complexity index is 1070. The van der Waals surface area contributed by atoms with Crippen LogP contribution in [0.15, 0.2) is 71.8 Å². The van der Waals surface area contributed by atoms with Crippen molar-refractivity contribution in [2.45, 2.75) is 6.54 Å². The fourth-order valence-corrected chi connectivity index (χ4v) is 3.71. The number of para-hydroxylation sites is 2. The monoisotopic (exact) mass is 420 g/mol. The van der Waals surface area contributed by atoms with Crippen molar-refractivity contribution >= 4 is 34.9 Å². The van der Waals surface area contributed by atoms with Crippen molar-refractivity contribution in [3.8, 4) is 11.5 Å². The van der Waals surface area contributed by atoms with Crippen molar-refractivity contribution in [3.05, 3.63) is 82.2 Å². The van der Waals surface area contributed by atoms with Gasteiger partial charge in [-0.05, 0) is 47.4 Å². The molecule has 1 N–H and O–H groups in total. The van der Waals surface area contributed by atoms with Crippen LogP contribution in [0.25, 0.3) is 6.08 Å². The number of carbonyl (C=O) groups excluding carboxylic acids is 2. The molecule has 0 saturated heterocycles. The zero-order valence-corrected chi connectivity index (χ0v) is 17.1. The number of hydrogen-bond donors (Lipinski definition) is 1. The number of hydrogen-bond acceptors (Lipinski definition) is 5. The minimum absolute atomic E-state index is 0.0927. The first-order chi connectivity index (χ1) is 14.6. The first-order valence-electron chi connectivity index (χ1n) is 9.37. The summed E-state index contributed by atoms with van der Waals surface area (Å²) in [5.41, 5.74) is 1.36. The van der Waals surface area contributed by atoms with Gasteiger partial charge in [0.15, 0.2) is 11.5 Å². The summed E-state index contributed by atoms with van der Waals surface area (Å²) in [6, 6.07) is 18.4. The second-order valence-electron chi connectivity index (χ2n) is 6.60. The maximum atomic E-state index is 13.1. The number of thiophene rings is 1. The largest absolute Gasteiger partial charge is 0.497 e. The van der Waals surface area contributed by atoms with Crippen molar-refractivity contribution in [2.75, 3.05) is 18.6 Å². The summed E-state index contributed by atoms with van der Waals surface area (Å²) in [4.78, 5) is 28.1. The van der Waals surface area contributed by atoms with Crippen molar-refractivity contribution < 1.29 is 19.1 Å². The molecule has 0 bridgehead atoms. The Labute approximate surface area is 178 Å². The summed E-state index contributed by atoms with van der Waals surface area (Å²) in [5, 5.41) is 4.82. The maximum absolute atomic E-state index is 13.1. The maximum Gasteiger partial charge on any atom is 0.294 e. The highest BCUT2D eigenvalue weighted by Crippen LogP contribution is 2.35. The van der Waals surface area contributed by atoms with Gasteiger partial charge in [-0.2, -0.15) is 0 Å². The molecule has 0 aliphatic carbocycles. The lowest BCUT2D eigenvalue weighted by Gasteiger charge is -2.30. The van der Waals surface area contributed by atoms with E-state index in [0.29, 0.717) is 18.0 Å². The van der Waals surface area contributed by atoms with E-state index in [0.717, 1.165) is 16.2 Å². The van der Waals surface area contributed by atoms with E-state index in [1.165, 1.54) is 4.90 Å². The summed E-state index contributed by atoms with van der Waals surface area (Å²) in [7, 11) is 1.60. The van der Waals surface area contributed by atoms with E-state index < -0.39 is 0 Å². The number of amides is 2. The van der Waals surface area contributed by atoms with Gasteiger partial charge in [0.25, 0.3) is 5.91 Å². The predicted molar refractivity (Wildman–Crippen MR) is 117 cm³/mol. The summed E-state index contributed by atoms with van der Waals surface area (Å²) >= 11 is 1.57. The highest BCUT2D eigenvalue weighted by molar-refractivity contribution is 7.09. The third kappa shape index (κ3) is 4.36. The molecule has 7 heteroatoms. The van der Waals surface area contributed by atoms with Gasteiger partial charge < -0.3 is 14.8 Å². The molecule has 3 aromatic rings. The lowest BCUT2D eigenvalue weighted by atomic mass is 10.1. The molecule has 2 heterocycles. The molecular formula is C23H20N2O4S. The zero-order chi connectivity index (χ0) is 20.9. The Kier molecular flexibility index (Phi) is 5.81. The quantitative estimate of drug-likeness (QED) is 0.616. The van der Waals surface area contributed by atoms with E-state index in [4.69, 9.17) is 9.47 Å². The Morgan fingerprint density at radius 2 is 1.93 bits per heavy atom. The molecule has 0 spiro atoms. The second-order valence-corrected chi connectivity index (χ2v) is 7.63. The van der Waals surface area contributed by atoms with Crippen LogP contribution in [0.2, 0.25) is 0 Å². The number of benzene rings is 2. The van der Waals surface area contributed by atoms with Gasteiger partial charge in [-0.15, -0.1) is 11.3 Å².